The van der Waals surface area contributed by atoms with Crippen LogP contribution in [0, 0.1) is 0 Å². The predicted molar refractivity (Wildman–Crippen MR) is 75.0 cm³/mol. The van der Waals surface area contributed by atoms with E-state index in [9.17, 15) is 0 Å². The summed E-state index contributed by atoms with van der Waals surface area (Å²) < 4.78 is 0. The van der Waals surface area contributed by atoms with Gasteiger partial charge in [0.25, 0.3) is 0 Å². The van der Waals surface area contributed by atoms with Gasteiger partial charge in [-0.25, -0.2) is 0 Å². The fourth-order valence-electron chi connectivity index (χ4n) is 1.80. The monoisotopic (exact) mass is 227 g/mol. The zero-order valence-electron chi connectivity index (χ0n) is 10.1. The van der Waals surface area contributed by atoms with Crippen molar-refractivity contribution in [3.8, 4) is 11.1 Å². The van der Waals surface area contributed by atoms with Crippen molar-refractivity contribution >= 4 is 17.1 Å². The molecule has 2 rings (SSSR count). The molecule has 2 aromatic carbocycles. The molecular formula is C14H17N3. The molecule has 3 nitrogen and oxygen atoms in total. The number of nitrogens with zero attached hydrogens (tertiary/aromatic N) is 1. The van der Waals surface area contributed by atoms with Crippen molar-refractivity contribution in [1.82, 2.24) is 0 Å². The van der Waals surface area contributed by atoms with Crippen LogP contribution >= 0.6 is 0 Å². The molecule has 0 unspecified atom stereocenters. The molecule has 2 aromatic rings. The van der Waals surface area contributed by atoms with Gasteiger partial charge >= 0.3 is 0 Å². The molecule has 0 aliphatic carbocycles. The Hall–Kier alpha value is -2.16. The lowest BCUT2D eigenvalue weighted by Gasteiger charge is -2.16. The van der Waals surface area contributed by atoms with E-state index in [0.29, 0.717) is 0 Å². The van der Waals surface area contributed by atoms with Gasteiger partial charge in [-0.1, -0.05) is 18.2 Å². The highest BCUT2D eigenvalue weighted by atomic mass is 15.1. The summed E-state index contributed by atoms with van der Waals surface area (Å²) in [6, 6.07) is 13.7. The van der Waals surface area contributed by atoms with Crippen molar-refractivity contribution in [2.75, 3.05) is 30.5 Å². The quantitative estimate of drug-likeness (QED) is 0.775. The first-order chi connectivity index (χ1) is 8.09. The average molecular weight is 227 g/mol. The Kier molecular flexibility index (Phi) is 2.91. The van der Waals surface area contributed by atoms with Crippen molar-refractivity contribution in [3.05, 3.63) is 42.5 Å². The molecule has 88 valence electrons. The van der Waals surface area contributed by atoms with Gasteiger partial charge in [0.1, 0.15) is 0 Å². The van der Waals surface area contributed by atoms with Gasteiger partial charge in [0, 0.05) is 42.3 Å². The first-order valence-electron chi connectivity index (χ1n) is 5.51. The SMILES string of the molecule is CN(C)c1ccc(N)c(-c2ccccc2N)c1. The van der Waals surface area contributed by atoms with Crippen LogP contribution in [0.1, 0.15) is 0 Å². The molecule has 0 amide bonds. The van der Waals surface area contributed by atoms with E-state index >= 15 is 0 Å². The van der Waals surface area contributed by atoms with Crippen LogP contribution in [0.3, 0.4) is 0 Å². The van der Waals surface area contributed by atoms with Crippen molar-refractivity contribution in [2.45, 2.75) is 0 Å². The molecule has 17 heavy (non-hydrogen) atoms. The number of hydrogen-bond acceptors (Lipinski definition) is 3. The average Bonchev–Trinajstić information content (AvgIpc) is 2.30. The minimum absolute atomic E-state index is 0.744. The van der Waals surface area contributed by atoms with Crippen molar-refractivity contribution in [3.63, 3.8) is 0 Å². The Balaban J connectivity index is 2.59. The number of anilines is 3. The second kappa shape index (κ2) is 4.37. The van der Waals surface area contributed by atoms with Gasteiger partial charge in [-0.05, 0) is 24.3 Å². The normalized spacial score (nSPS) is 10.2. The van der Waals surface area contributed by atoms with E-state index in [0.717, 1.165) is 28.2 Å². The summed E-state index contributed by atoms with van der Waals surface area (Å²) in [7, 11) is 4.01. The molecule has 0 saturated heterocycles. The van der Waals surface area contributed by atoms with Gasteiger partial charge in [0.05, 0.1) is 0 Å². The molecule has 3 heteroatoms. The Morgan fingerprint density at radius 2 is 1.47 bits per heavy atom. The van der Waals surface area contributed by atoms with E-state index in [1.807, 2.05) is 55.4 Å². The second-order valence-electron chi connectivity index (χ2n) is 4.25. The molecule has 0 aliphatic heterocycles. The molecule has 0 radical (unpaired) electrons. The van der Waals surface area contributed by atoms with Gasteiger partial charge in [0.15, 0.2) is 0 Å². The maximum Gasteiger partial charge on any atom is 0.0396 e. The summed E-state index contributed by atoms with van der Waals surface area (Å²) in [6.07, 6.45) is 0. The topological polar surface area (TPSA) is 55.3 Å². The first kappa shape index (κ1) is 11.3. The van der Waals surface area contributed by atoms with Crippen LogP contribution in [0.5, 0.6) is 0 Å². The number of benzene rings is 2. The fourth-order valence-corrected chi connectivity index (χ4v) is 1.80. The number of nitrogen functional groups attached to an aromatic ring is 2. The van der Waals surface area contributed by atoms with Gasteiger partial charge in [-0.15, -0.1) is 0 Å². The number of para-hydroxylation sites is 1. The van der Waals surface area contributed by atoms with E-state index in [-0.39, 0.29) is 0 Å². The Labute approximate surface area is 102 Å². The molecule has 0 aliphatic rings. The van der Waals surface area contributed by atoms with Crippen LogP contribution in [-0.4, -0.2) is 14.1 Å². The van der Waals surface area contributed by atoms with Gasteiger partial charge in [-0.2, -0.15) is 0 Å². The highest BCUT2D eigenvalue weighted by Crippen LogP contribution is 2.33. The highest BCUT2D eigenvalue weighted by molar-refractivity contribution is 5.86. The molecule has 0 heterocycles. The third kappa shape index (κ3) is 2.18. The maximum absolute atomic E-state index is 6.02. The molecule has 0 bridgehead atoms. The van der Waals surface area contributed by atoms with Crippen LogP contribution in [0.2, 0.25) is 0 Å². The molecule has 0 atom stereocenters. The van der Waals surface area contributed by atoms with Crippen molar-refractivity contribution in [2.24, 2.45) is 0 Å². The van der Waals surface area contributed by atoms with Crippen LogP contribution in [0.25, 0.3) is 11.1 Å². The maximum atomic E-state index is 6.02. The molecule has 0 fully saturated rings. The van der Waals surface area contributed by atoms with Gasteiger partial charge in [-0.3, -0.25) is 0 Å². The molecular weight excluding hydrogens is 210 g/mol. The van der Waals surface area contributed by atoms with Gasteiger partial charge in [0.2, 0.25) is 0 Å². The minimum Gasteiger partial charge on any atom is -0.398 e. The van der Waals surface area contributed by atoms with Gasteiger partial charge < -0.3 is 16.4 Å². The number of hydrogen-bond donors (Lipinski definition) is 2. The van der Waals surface area contributed by atoms with Crippen molar-refractivity contribution < 1.29 is 0 Å². The predicted octanol–water partition coefficient (Wildman–Crippen LogP) is 2.58. The standard InChI is InChI=1S/C14H17N3/c1-17(2)10-7-8-14(16)12(9-10)11-5-3-4-6-13(11)15/h3-9H,15-16H2,1-2H3. The zero-order valence-corrected chi connectivity index (χ0v) is 10.1. The van der Waals surface area contributed by atoms with E-state index in [1.54, 1.807) is 0 Å². The molecule has 0 saturated carbocycles. The molecule has 4 N–H and O–H groups in total. The smallest absolute Gasteiger partial charge is 0.0396 e. The third-order valence-corrected chi connectivity index (χ3v) is 2.80. The number of nitrogens with two attached hydrogens (primary N) is 2. The van der Waals surface area contributed by atoms with E-state index in [2.05, 4.69) is 6.07 Å². The lowest BCUT2D eigenvalue weighted by atomic mass is 10.0. The van der Waals surface area contributed by atoms with Crippen LogP contribution in [-0.2, 0) is 0 Å². The summed E-state index contributed by atoms with van der Waals surface area (Å²) in [6.45, 7) is 0. The summed E-state index contributed by atoms with van der Waals surface area (Å²) in [5, 5.41) is 0. The number of rotatable bonds is 2. The highest BCUT2D eigenvalue weighted by Gasteiger charge is 2.07. The summed E-state index contributed by atoms with van der Waals surface area (Å²) in [5.74, 6) is 0. The van der Waals surface area contributed by atoms with Crippen LogP contribution < -0.4 is 16.4 Å². The lowest BCUT2D eigenvalue weighted by molar-refractivity contribution is 1.13. The first-order valence-corrected chi connectivity index (χ1v) is 5.51. The summed E-state index contributed by atoms with van der Waals surface area (Å²) >= 11 is 0. The minimum atomic E-state index is 0.744. The lowest BCUT2D eigenvalue weighted by Crippen LogP contribution is -2.09. The van der Waals surface area contributed by atoms with E-state index < -0.39 is 0 Å². The Morgan fingerprint density at radius 3 is 2.12 bits per heavy atom. The second-order valence-corrected chi connectivity index (χ2v) is 4.25. The van der Waals surface area contributed by atoms with Crippen LogP contribution in [0.4, 0.5) is 17.1 Å². The summed E-state index contributed by atoms with van der Waals surface area (Å²) in [4.78, 5) is 2.04. The van der Waals surface area contributed by atoms with Crippen LogP contribution in [0.15, 0.2) is 42.5 Å². The van der Waals surface area contributed by atoms with E-state index in [4.69, 9.17) is 11.5 Å². The molecule has 0 spiro atoms. The van der Waals surface area contributed by atoms with E-state index in [1.165, 1.54) is 0 Å². The third-order valence-electron chi connectivity index (χ3n) is 2.80. The Bertz CT molecular complexity index is 533. The summed E-state index contributed by atoms with van der Waals surface area (Å²) in [5.41, 5.74) is 16.6. The largest absolute Gasteiger partial charge is 0.398 e. The van der Waals surface area contributed by atoms with Crippen molar-refractivity contribution in [1.29, 1.82) is 0 Å². The fraction of sp³-hybridized carbons (Fsp3) is 0.143. The Morgan fingerprint density at radius 1 is 0.824 bits per heavy atom. The zero-order chi connectivity index (χ0) is 12.4. The molecule has 0 aromatic heterocycles.